The second-order valence-electron chi connectivity index (χ2n) is 2.19. The van der Waals surface area contributed by atoms with Gasteiger partial charge in [-0.15, -0.1) is 0 Å². The van der Waals surface area contributed by atoms with Crippen molar-refractivity contribution in [3.63, 3.8) is 0 Å². The van der Waals surface area contributed by atoms with E-state index in [0.29, 0.717) is 11.8 Å². The Labute approximate surface area is 69.0 Å². The van der Waals surface area contributed by atoms with E-state index in [9.17, 15) is 9.18 Å². The van der Waals surface area contributed by atoms with Crippen LogP contribution in [0.4, 0.5) is 4.39 Å². The van der Waals surface area contributed by atoms with Gasteiger partial charge in [0, 0.05) is 11.6 Å². The number of aliphatic hydroxyl groups excluding tert-OH is 1. The van der Waals surface area contributed by atoms with Crippen LogP contribution in [0.3, 0.4) is 0 Å². The first-order chi connectivity index (χ1) is 5.74. The summed E-state index contributed by atoms with van der Waals surface area (Å²) in [5.74, 6) is -0.739. The van der Waals surface area contributed by atoms with Gasteiger partial charge in [-0.1, -0.05) is 0 Å². The SMILES string of the molecule is O=C(/C=C/O)c1ccc(F)cc1. The molecule has 0 amide bonds. The van der Waals surface area contributed by atoms with E-state index >= 15 is 0 Å². The third-order valence-electron chi connectivity index (χ3n) is 1.35. The van der Waals surface area contributed by atoms with Crippen LogP contribution in [0.25, 0.3) is 0 Å². The minimum absolute atomic E-state index is 0.349. The first-order valence-electron chi connectivity index (χ1n) is 3.34. The van der Waals surface area contributed by atoms with Gasteiger partial charge in [0.25, 0.3) is 0 Å². The van der Waals surface area contributed by atoms with Crippen LogP contribution in [0, 0.1) is 5.82 Å². The van der Waals surface area contributed by atoms with Gasteiger partial charge in [0.2, 0.25) is 0 Å². The summed E-state index contributed by atoms with van der Waals surface area (Å²) in [5, 5.41) is 8.28. The van der Waals surface area contributed by atoms with Crippen molar-refractivity contribution in [1.82, 2.24) is 0 Å². The molecule has 0 bridgehead atoms. The van der Waals surface area contributed by atoms with Gasteiger partial charge in [-0.3, -0.25) is 4.79 Å². The summed E-state index contributed by atoms with van der Waals surface area (Å²) in [4.78, 5) is 11.0. The highest BCUT2D eigenvalue weighted by Gasteiger charge is 2.00. The Kier molecular flexibility index (Phi) is 2.58. The fraction of sp³-hybridized carbons (Fsp3) is 0. The third-order valence-corrected chi connectivity index (χ3v) is 1.35. The van der Waals surface area contributed by atoms with Crippen LogP contribution in [-0.2, 0) is 0 Å². The van der Waals surface area contributed by atoms with E-state index in [1.807, 2.05) is 0 Å². The average Bonchev–Trinajstić information content (AvgIpc) is 2.06. The summed E-state index contributed by atoms with van der Waals surface area (Å²) in [6.07, 6.45) is 1.67. The second-order valence-corrected chi connectivity index (χ2v) is 2.19. The number of hydrogen-bond donors (Lipinski definition) is 1. The van der Waals surface area contributed by atoms with E-state index < -0.39 is 0 Å². The number of carbonyl (C=O) groups is 1. The molecule has 0 saturated heterocycles. The van der Waals surface area contributed by atoms with Crippen LogP contribution in [0.5, 0.6) is 0 Å². The number of rotatable bonds is 2. The highest BCUT2D eigenvalue weighted by molar-refractivity contribution is 6.04. The normalized spacial score (nSPS) is 10.4. The number of hydrogen-bond acceptors (Lipinski definition) is 2. The minimum Gasteiger partial charge on any atom is -0.515 e. The Hall–Kier alpha value is -1.64. The lowest BCUT2D eigenvalue weighted by atomic mass is 10.1. The summed E-state index contributed by atoms with van der Waals surface area (Å²) in [6, 6.07) is 5.10. The molecule has 0 unspecified atom stereocenters. The monoisotopic (exact) mass is 166 g/mol. The van der Waals surface area contributed by atoms with Gasteiger partial charge in [0.15, 0.2) is 5.78 Å². The maximum atomic E-state index is 12.4. The van der Waals surface area contributed by atoms with Crippen molar-refractivity contribution in [1.29, 1.82) is 0 Å². The van der Waals surface area contributed by atoms with Gasteiger partial charge in [0.1, 0.15) is 5.82 Å². The molecule has 0 aliphatic heterocycles. The molecular formula is C9H7FO2. The van der Waals surface area contributed by atoms with E-state index in [1.165, 1.54) is 24.3 Å². The predicted molar refractivity (Wildman–Crippen MR) is 42.5 cm³/mol. The fourth-order valence-corrected chi connectivity index (χ4v) is 0.778. The van der Waals surface area contributed by atoms with E-state index in [1.54, 1.807) is 0 Å². The Morgan fingerprint density at radius 3 is 2.42 bits per heavy atom. The summed E-state index contributed by atoms with van der Waals surface area (Å²) in [5.41, 5.74) is 0.349. The lowest BCUT2D eigenvalue weighted by Gasteiger charge is -1.93. The molecule has 0 radical (unpaired) electrons. The van der Waals surface area contributed by atoms with Crippen LogP contribution in [0.2, 0.25) is 0 Å². The van der Waals surface area contributed by atoms with Crippen LogP contribution in [0.15, 0.2) is 36.6 Å². The molecule has 1 rings (SSSR count). The van der Waals surface area contributed by atoms with Gasteiger partial charge < -0.3 is 5.11 Å². The van der Waals surface area contributed by atoms with Crippen LogP contribution < -0.4 is 0 Å². The Morgan fingerprint density at radius 2 is 1.92 bits per heavy atom. The van der Waals surface area contributed by atoms with Crippen LogP contribution in [0.1, 0.15) is 10.4 Å². The van der Waals surface area contributed by atoms with Crippen LogP contribution >= 0.6 is 0 Å². The smallest absolute Gasteiger partial charge is 0.188 e. The average molecular weight is 166 g/mol. The fourth-order valence-electron chi connectivity index (χ4n) is 0.778. The molecule has 0 fully saturated rings. The van der Waals surface area contributed by atoms with E-state index in [4.69, 9.17) is 5.11 Å². The first kappa shape index (κ1) is 8.46. The Bertz CT molecular complexity index is 301. The first-order valence-corrected chi connectivity index (χ1v) is 3.34. The maximum Gasteiger partial charge on any atom is 0.188 e. The molecule has 62 valence electrons. The number of allylic oxidation sites excluding steroid dienone is 1. The van der Waals surface area contributed by atoms with Crippen molar-refractivity contribution in [2.45, 2.75) is 0 Å². The summed E-state index contributed by atoms with van der Waals surface area (Å²) in [6.45, 7) is 0. The van der Waals surface area contributed by atoms with Crippen molar-refractivity contribution >= 4 is 5.78 Å². The number of benzene rings is 1. The number of halogens is 1. The van der Waals surface area contributed by atoms with Crippen molar-refractivity contribution in [2.24, 2.45) is 0 Å². The summed E-state index contributed by atoms with van der Waals surface area (Å²) in [7, 11) is 0. The van der Waals surface area contributed by atoms with Gasteiger partial charge in [-0.25, -0.2) is 4.39 Å². The van der Waals surface area contributed by atoms with Gasteiger partial charge in [0.05, 0.1) is 6.26 Å². The lowest BCUT2D eigenvalue weighted by molar-refractivity contribution is 0.104. The Morgan fingerprint density at radius 1 is 1.33 bits per heavy atom. The largest absolute Gasteiger partial charge is 0.515 e. The molecule has 1 aromatic carbocycles. The molecular weight excluding hydrogens is 159 g/mol. The molecule has 0 aliphatic carbocycles. The molecule has 2 nitrogen and oxygen atoms in total. The maximum absolute atomic E-state index is 12.4. The molecule has 0 heterocycles. The Balaban J connectivity index is 2.90. The van der Waals surface area contributed by atoms with Crippen molar-refractivity contribution < 1.29 is 14.3 Å². The van der Waals surface area contributed by atoms with Crippen LogP contribution in [-0.4, -0.2) is 10.9 Å². The molecule has 1 aromatic rings. The topological polar surface area (TPSA) is 37.3 Å². The number of aliphatic hydroxyl groups is 1. The summed E-state index contributed by atoms with van der Waals surface area (Å²) >= 11 is 0. The zero-order valence-electron chi connectivity index (χ0n) is 6.20. The summed E-state index contributed by atoms with van der Waals surface area (Å²) < 4.78 is 12.4. The molecule has 0 aromatic heterocycles. The van der Waals surface area contributed by atoms with Gasteiger partial charge >= 0.3 is 0 Å². The molecule has 0 atom stereocenters. The van der Waals surface area contributed by atoms with E-state index in [-0.39, 0.29) is 11.6 Å². The molecule has 12 heavy (non-hydrogen) atoms. The number of carbonyl (C=O) groups excluding carboxylic acids is 1. The third kappa shape index (κ3) is 1.92. The molecule has 0 aliphatic rings. The zero-order chi connectivity index (χ0) is 8.97. The van der Waals surface area contributed by atoms with Crippen molar-refractivity contribution in [2.75, 3.05) is 0 Å². The van der Waals surface area contributed by atoms with E-state index in [2.05, 4.69) is 0 Å². The minimum atomic E-state index is -0.389. The highest BCUT2D eigenvalue weighted by Crippen LogP contribution is 2.03. The molecule has 0 spiro atoms. The molecule has 3 heteroatoms. The standard InChI is InChI=1S/C9H7FO2/c10-8-3-1-7(2-4-8)9(12)5-6-11/h1-6,11H/b6-5+. The predicted octanol–water partition coefficient (Wildman–Crippen LogP) is 2.08. The molecule has 0 saturated carbocycles. The molecule has 1 N–H and O–H groups in total. The number of ketones is 1. The van der Waals surface area contributed by atoms with Gasteiger partial charge in [-0.2, -0.15) is 0 Å². The zero-order valence-corrected chi connectivity index (χ0v) is 6.20. The van der Waals surface area contributed by atoms with E-state index in [0.717, 1.165) is 6.08 Å². The van der Waals surface area contributed by atoms with Crippen molar-refractivity contribution in [3.8, 4) is 0 Å². The van der Waals surface area contributed by atoms with Crippen molar-refractivity contribution in [3.05, 3.63) is 48.0 Å². The highest BCUT2D eigenvalue weighted by atomic mass is 19.1. The van der Waals surface area contributed by atoms with Gasteiger partial charge in [-0.05, 0) is 24.3 Å². The second kappa shape index (κ2) is 3.67. The lowest BCUT2D eigenvalue weighted by Crippen LogP contribution is -1.93. The quantitative estimate of drug-likeness (QED) is 0.415.